The molecule has 1 amide bonds. The second-order valence-corrected chi connectivity index (χ2v) is 8.48. The van der Waals surface area contributed by atoms with E-state index < -0.39 is 10.0 Å². The minimum Gasteiger partial charge on any atom is -0.375 e. The molecule has 0 aromatic heterocycles. The number of hydrogen-bond acceptors (Lipinski definition) is 5. The van der Waals surface area contributed by atoms with Crippen molar-refractivity contribution in [3.05, 3.63) is 29.3 Å². The highest BCUT2D eigenvalue weighted by molar-refractivity contribution is 7.89. The molecule has 2 heterocycles. The van der Waals surface area contributed by atoms with Gasteiger partial charge in [-0.05, 0) is 19.1 Å². The standard InChI is InChI=1S/C16H22ClN3O4S/c1-12-15(18-6-11-24-12)16(21)19-7-9-20(10-8-19)25(22,23)14-5-3-2-4-13(14)17/h2-5,12,15,18H,6-11H2,1H3/t12-,15+/m1/s1. The number of nitrogens with zero attached hydrogens (tertiary/aromatic N) is 2. The molecule has 0 saturated carbocycles. The lowest BCUT2D eigenvalue weighted by atomic mass is 10.1. The Morgan fingerprint density at radius 1 is 1.24 bits per heavy atom. The summed E-state index contributed by atoms with van der Waals surface area (Å²) >= 11 is 6.03. The van der Waals surface area contributed by atoms with Crippen LogP contribution in [0.25, 0.3) is 0 Å². The summed E-state index contributed by atoms with van der Waals surface area (Å²) in [5, 5.41) is 3.38. The van der Waals surface area contributed by atoms with Crippen LogP contribution >= 0.6 is 11.6 Å². The number of benzene rings is 1. The third-order valence-electron chi connectivity index (χ3n) is 4.59. The fraction of sp³-hybridized carbons (Fsp3) is 0.562. The number of piperazine rings is 1. The molecule has 1 aromatic carbocycles. The van der Waals surface area contributed by atoms with Crippen molar-refractivity contribution < 1.29 is 17.9 Å². The first-order valence-electron chi connectivity index (χ1n) is 8.29. The van der Waals surface area contributed by atoms with Crippen molar-refractivity contribution in [2.75, 3.05) is 39.3 Å². The molecule has 2 aliphatic heterocycles. The second-order valence-electron chi connectivity index (χ2n) is 6.17. The lowest BCUT2D eigenvalue weighted by Gasteiger charge is -2.38. The molecule has 7 nitrogen and oxygen atoms in total. The van der Waals surface area contributed by atoms with Gasteiger partial charge >= 0.3 is 0 Å². The van der Waals surface area contributed by atoms with E-state index in [-0.39, 0.29) is 41.1 Å². The number of hydrogen-bond donors (Lipinski definition) is 1. The maximum Gasteiger partial charge on any atom is 0.244 e. The maximum atomic E-state index is 12.7. The summed E-state index contributed by atoms with van der Waals surface area (Å²) in [6, 6.07) is 6.03. The molecule has 1 N–H and O–H groups in total. The molecule has 2 atom stereocenters. The van der Waals surface area contributed by atoms with Gasteiger partial charge < -0.3 is 15.0 Å². The number of carbonyl (C=O) groups excluding carboxylic acids is 1. The maximum absolute atomic E-state index is 12.7. The van der Waals surface area contributed by atoms with Gasteiger partial charge in [0.05, 0.1) is 17.7 Å². The molecule has 0 unspecified atom stereocenters. The Hall–Kier alpha value is -1.19. The van der Waals surface area contributed by atoms with Crippen LogP contribution < -0.4 is 5.32 Å². The van der Waals surface area contributed by atoms with Crippen LogP contribution in [0.1, 0.15) is 6.92 Å². The van der Waals surface area contributed by atoms with Gasteiger partial charge in [-0.3, -0.25) is 4.79 Å². The third-order valence-corrected chi connectivity index (χ3v) is 6.99. The van der Waals surface area contributed by atoms with Crippen LogP contribution in [0.3, 0.4) is 0 Å². The topological polar surface area (TPSA) is 79.0 Å². The first kappa shape index (κ1) is 18.6. The van der Waals surface area contributed by atoms with Crippen molar-refractivity contribution in [3.8, 4) is 0 Å². The quantitative estimate of drug-likeness (QED) is 0.819. The lowest BCUT2D eigenvalue weighted by Crippen LogP contribution is -2.60. The number of carbonyl (C=O) groups is 1. The van der Waals surface area contributed by atoms with Crippen LogP contribution in [0.5, 0.6) is 0 Å². The molecule has 9 heteroatoms. The van der Waals surface area contributed by atoms with Crippen LogP contribution in [0.4, 0.5) is 0 Å². The van der Waals surface area contributed by atoms with Gasteiger partial charge in [0.1, 0.15) is 10.9 Å². The molecular weight excluding hydrogens is 366 g/mol. The van der Waals surface area contributed by atoms with Gasteiger partial charge in [0, 0.05) is 32.7 Å². The Kier molecular flexibility index (Phi) is 5.65. The van der Waals surface area contributed by atoms with Crippen LogP contribution in [-0.2, 0) is 19.6 Å². The SMILES string of the molecule is C[C@H]1OCCN[C@@H]1C(=O)N1CCN(S(=O)(=O)c2ccccc2Cl)CC1. The van der Waals surface area contributed by atoms with Crippen molar-refractivity contribution in [1.82, 2.24) is 14.5 Å². The molecule has 2 aliphatic rings. The van der Waals surface area contributed by atoms with E-state index in [4.69, 9.17) is 16.3 Å². The average molecular weight is 388 g/mol. The van der Waals surface area contributed by atoms with Crippen LogP contribution in [0, 0.1) is 0 Å². The monoisotopic (exact) mass is 387 g/mol. The van der Waals surface area contributed by atoms with E-state index in [0.717, 1.165) is 0 Å². The predicted octanol–water partition coefficient (Wildman–Crippen LogP) is 0.550. The lowest BCUT2D eigenvalue weighted by molar-refractivity contribution is -0.140. The summed E-state index contributed by atoms with van der Waals surface area (Å²) in [6.07, 6.45) is -0.189. The fourth-order valence-electron chi connectivity index (χ4n) is 3.15. The van der Waals surface area contributed by atoms with Crippen molar-refractivity contribution in [1.29, 1.82) is 0 Å². The number of rotatable bonds is 3. The zero-order valence-electron chi connectivity index (χ0n) is 14.0. The van der Waals surface area contributed by atoms with Gasteiger partial charge in [0.25, 0.3) is 0 Å². The van der Waals surface area contributed by atoms with E-state index in [9.17, 15) is 13.2 Å². The number of halogens is 1. The molecule has 2 saturated heterocycles. The molecular formula is C16H22ClN3O4S. The summed E-state index contributed by atoms with van der Waals surface area (Å²) in [4.78, 5) is 14.4. The zero-order chi connectivity index (χ0) is 18.0. The molecule has 0 spiro atoms. The highest BCUT2D eigenvalue weighted by Crippen LogP contribution is 2.25. The number of nitrogens with one attached hydrogen (secondary N) is 1. The third kappa shape index (κ3) is 3.83. The molecule has 0 bridgehead atoms. The fourth-order valence-corrected chi connectivity index (χ4v) is 5.06. The molecule has 0 aliphatic carbocycles. The summed E-state index contributed by atoms with van der Waals surface area (Å²) < 4.78 is 32.4. The van der Waals surface area contributed by atoms with E-state index in [1.165, 1.54) is 10.4 Å². The van der Waals surface area contributed by atoms with Gasteiger partial charge in [-0.15, -0.1) is 0 Å². The van der Waals surface area contributed by atoms with E-state index in [1.54, 1.807) is 23.1 Å². The van der Waals surface area contributed by atoms with E-state index in [2.05, 4.69) is 5.32 Å². The van der Waals surface area contributed by atoms with Crippen LogP contribution in [0.2, 0.25) is 5.02 Å². The predicted molar refractivity (Wildman–Crippen MR) is 94.0 cm³/mol. The highest BCUT2D eigenvalue weighted by atomic mass is 35.5. The summed E-state index contributed by atoms with van der Waals surface area (Å²) in [6.45, 7) is 4.31. The van der Waals surface area contributed by atoms with Crippen LogP contribution in [-0.4, -0.2) is 75.0 Å². The molecule has 1 aromatic rings. The first-order chi connectivity index (χ1) is 11.9. The highest BCUT2D eigenvalue weighted by Gasteiger charge is 2.36. The van der Waals surface area contributed by atoms with Crippen LogP contribution in [0.15, 0.2) is 29.2 Å². The summed E-state index contributed by atoms with van der Waals surface area (Å²) in [5.41, 5.74) is 0. The molecule has 0 radical (unpaired) electrons. The van der Waals surface area contributed by atoms with Crippen molar-refractivity contribution in [2.24, 2.45) is 0 Å². The summed E-state index contributed by atoms with van der Waals surface area (Å²) in [5.74, 6) is -0.0398. The first-order valence-corrected chi connectivity index (χ1v) is 10.1. The van der Waals surface area contributed by atoms with Gasteiger partial charge in [0.2, 0.25) is 15.9 Å². The Labute approximate surface area is 152 Å². The molecule has 2 fully saturated rings. The number of sulfonamides is 1. The van der Waals surface area contributed by atoms with Gasteiger partial charge in [-0.25, -0.2) is 8.42 Å². The Bertz CT molecular complexity index is 735. The Morgan fingerprint density at radius 3 is 2.56 bits per heavy atom. The van der Waals surface area contributed by atoms with Crippen molar-refractivity contribution >= 4 is 27.5 Å². The van der Waals surface area contributed by atoms with E-state index >= 15 is 0 Å². The number of ether oxygens (including phenoxy) is 1. The minimum absolute atomic E-state index is 0.0398. The van der Waals surface area contributed by atoms with Gasteiger partial charge in [-0.1, -0.05) is 23.7 Å². The Balaban J connectivity index is 1.65. The largest absolute Gasteiger partial charge is 0.375 e. The molecule has 25 heavy (non-hydrogen) atoms. The van der Waals surface area contributed by atoms with Gasteiger partial charge in [0.15, 0.2) is 0 Å². The molecule has 138 valence electrons. The van der Waals surface area contributed by atoms with Crippen molar-refractivity contribution in [3.63, 3.8) is 0 Å². The van der Waals surface area contributed by atoms with E-state index in [1.807, 2.05) is 6.92 Å². The smallest absolute Gasteiger partial charge is 0.244 e. The number of amides is 1. The normalized spacial score (nSPS) is 25.8. The molecule has 3 rings (SSSR count). The minimum atomic E-state index is -3.65. The summed E-state index contributed by atoms with van der Waals surface area (Å²) in [7, 11) is -3.65. The second kappa shape index (κ2) is 7.59. The van der Waals surface area contributed by atoms with Crippen molar-refractivity contribution in [2.45, 2.75) is 24.0 Å². The zero-order valence-corrected chi connectivity index (χ0v) is 15.6. The Morgan fingerprint density at radius 2 is 1.92 bits per heavy atom. The number of morpholine rings is 1. The van der Waals surface area contributed by atoms with E-state index in [0.29, 0.717) is 26.2 Å². The van der Waals surface area contributed by atoms with Gasteiger partial charge in [-0.2, -0.15) is 4.31 Å². The average Bonchev–Trinajstić information content (AvgIpc) is 2.62.